The van der Waals surface area contributed by atoms with Crippen molar-refractivity contribution in [3.05, 3.63) is 54.7 Å². The fourth-order valence-corrected chi connectivity index (χ4v) is 4.06. The highest BCUT2D eigenvalue weighted by atomic mass is 16.3. The molecule has 6 heteroatoms. The average molecular weight is 387 g/mol. The van der Waals surface area contributed by atoms with Gasteiger partial charge < -0.3 is 14.2 Å². The van der Waals surface area contributed by atoms with Crippen molar-refractivity contribution in [3.63, 3.8) is 0 Å². The number of nitrogens with zero attached hydrogens (tertiary/aromatic N) is 5. The predicted molar refractivity (Wildman–Crippen MR) is 116 cm³/mol. The van der Waals surface area contributed by atoms with Crippen molar-refractivity contribution in [3.8, 4) is 22.3 Å². The first kappa shape index (κ1) is 17.9. The minimum Gasteiger partial charge on any atom is -0.462 e. The van der Waals surface area contributed by atoms with Gasteiger partial charge in [-0.1, -0.05) is 12.1 Å². The molecule has 0 amide bonds. The van der Waals surface area contributed by atoms with Crippen molar-refractivity contribution in [1.29, 1.82) is 0 Å². The van der Waals surface area contributed by atoms with Crippen molar-refractivity contribution in [2.45, 2.75) is 6.92 Å². The number of fused-ring (bicyclic) bond motifs is 1. The first-order valence-electron chi connectivity index (χ1n) is 10.0. The fourth-order valence-electron chi connectivity index (χ4n) is 4.06. The van der Waals surface area contributed by atoms with E-state index in [9.17, 15) is 0 Å². The van der Waals surface area contributed by atoms with Gasteiger partial charge in [-0.3, -0.25) is 9.67 Å². The Morgan fingerprint density at radius 1 is 0.931 bits per heavy atom. The monoisotopic (exact) mass is 387 g/mol. The van der Waals surface area contributed by atoms with Gasteiger partial charge in [0.2, 0.25) is 0 Å². The number of pyridine rings is 1. The molecule has 0 bridgehead atoms. The van der Waals surface area contributed by atoms with Gasteiger partial charge in [-0.2, -0.15) is 5.10 Å². The maximum Gasteiger partial charge on any atom is 0.153 e. The molecule has 3 aromatic heterocycles. The van der Waals surface area contributed by atoms with Crippen LogP contribution < -0.4 is 4.90 Å². The molecule has 0 spiro atoms. The Bertz CT molecular complexity index is 1150. The summed E-state index contributed by atoms with van der Waals surface area (Å²) in [7, 11) is 4.11. The molecule has 1 saturated heterocycles. The number of rotatable bonds is 3. The Morgan fingerprint density at radius 2 is 1.69 bits per heavy atom. The third-order valence-corrected chi connectivity index (χ3v) is 5.78. The van der Waals surface area contributed by atoms with Gasteiger partial charge in [0.05, 0.1) is 5.69 Å². The number of hydrogen-bond acceptors (Lipinski definition) is 5. The van der Waals surface area contributed by atoms with Crippen LogP contribution in [0.4, 0.5) is 5.69 Å². The van der Waals surface area contributed by atoms with Crippen molar-refractivity contribution in [2.75, 3.05) is 38.1 Å². The second-order valence-electron chi connectivity index (χ2n) is 7.86. The van der Waals surface area contributed by atoms with Crippen LogP contribution in [0.3, 0.4) is 0 Å². The summed E-state index contributed by atoms with van der Waals surface area (Å²) in [5.41, 5.74) is 8.18. The summed E-state index contributed by atoms with van der Waals surface area (Å²) in [6.07, 6.45) is 5.71. The highest BCUT2D eigenvalue weighted by molar-refractivity contribution is 5.93. The second kappa shape index (κ2) is 7.04. The maximum absolute atomic E-state index is 5.85. The molecule has 0 N–H and O–H groups in total. The minimum absolute atomic E-state index is 0.795. The van der Waals surface area contributed by atoms with Crippen LogP contribution in [0.25, 0.3) is 33.4 Å². The van der Waals surface area contributed by atoms with Gasteiger partial charge in [0.25, 0.3) is 0 Å². The average Bonchev–Trinajstić information content (AvgIpc) is 3.30. The highest BCUT2D eigenvalue weighted by Crippen LogP contribution is 2.33. The lowest BCUT2D eigenvalue weighted by molar-refractivity contribution is 0.313. The maximum atomic E-state index is 5.85. The summed E-state index contributed by atoms with van der Waals surface area (Å²) in [6, 6.07) is 10.8. The molecule has 1 fully saturated rings. The molecule has 0 aliphatic carbocycles. The van der Waals surface area contributed by atoms with E-state index in [0.29, 0.717) is 0 Å². The van der Waals surface area contributed by atoms with Crippen LogP contribution in [-0.2, 0) is 7.05 Å². The second-order valence-corrected chi connectivity index (χ2v) is 7.86. The lowest BCUT2D eigenvalue weighted by atomic mass is 10.1. The first-order chi connectivity index (χ1) is 14.1. The van der Waals surface area contributed by atoms with Gasteiger partial charge in [-0.15, -0.1) is 0 Å². The Balaban J connectivity index is 1.43. The fraction of sp³-hybridized carbons (Fsp3) is 0.304. The molecule has 0 saturated carbocycles. The molecule has 0 atom stereocenters. The number of furan rings is 1. The molecule has 4 aromatic rings. The van der Waals surface area contributed by atoms with E-state index in [2.05, 4.69) is 52.3 Å². The highest BCUT2D eigenvalue weighted by Gasteiger charge is 2.16. The van der Waals surface area contributed by atoms with Gasteiger partial charge in [0, 0.05) is 68.0 Å². The molecule has 1 aliphatic heterocycles. The van der Waals surface area contributed by atoms with Crippen LogP contribution in [0.2, 0.25) is 0 Å². The molecule has 29 heavy (non-hydrogen) atoms. The summed E-state index contributed by atoms with van der Waals surface area (Å²) in [5, 5.41) is 4.43. The van der Waals surface area contributed by atoms with Crippen molar-refractivity contribution in [2.24, 2.45) is 7.05 Å². The van der Waals surface area contributed by atoms with Crippen LogP contribution in [0.1, 0.15) is 5.69 Å². The van der Waals surface area contributed by atoms with E-state index in [0.717, 1.165) is 65.2 Å². The zero-order valence-electron chi connectivity index (χ0n) is 17.1. The third-order valence-electron chi connectivity index (χ3n) is 5.78. The molecule has 0 unspecified atom stereocenters. The van der Waals surface area contributed by atoms with E-state index in [1.807, 2.05) is 31.0 Å². The normalized spacial score (nSPS) is 15.3. The number of benzene rings is 1. The quantitative estimate of drug-likeness (QED) is 0.533. The van der Waals surface area contributed by atoms with E-state index in [1.165, 1.54) is 5.69 Å². The van der Waals surface area contributed by atoms with Gasteiger partial charge in [-0.05, 0) is 37.7 Å². The number of piperazine rings is 1. The van der Waals surface area contributed by atoms with E-state index in [1.54, 1.807) is 6.26 Å². The molecule has 148 valence electrons. The summed E-state index contributed by atoms with van der Waals surface area (Å²) < 4.78 is 7.67. The van der Waals surface area contributed by atoms with Crippen LogP contribution in [-0.4, -0.2) is 52.9 Å². The van der Waals surface area contributed by atoms with Crippen molar-refractivity contribution in [1.82, 2.24) is 19.7 Å². The molecule has 1 aromatic carbocycles. The van der Waals surface area contributed by atoms with E-state index >= 15 is 0 Å². The van der Waals surface area contributed by atoms with Gasteiger partial charge in [0.1, 0.15) is 11.8 Å². The smallest absolute Gasteiger partial charge is 0.153 e. The lowest BCUT2D eigenvalue weighted by Crippen LogP contribution is -2.44. The molecule has 4 heterocycles. The first-order valence-corrected chi connectivity index (χ1v) is 10.0. The summed E-state index contributed by atoms with van der Waals surface area (Å²) in [6.45, 7) is 6.38. The standard InChI is InChI=1S/C23H25N5O/c1-16-20(14-27(3)25-16)21-15-29-22-12-18(13-24-23(21)22)17-4-6-19(7-5-17)28-10-8-26(2)9-11-28/h4-7,12-15H,8-11H2,1-3H3. The molecular formula is C23H25N5O. The largest absolute Gasteiger partial charge is 0.462 e. The van der Waals surface area contributed by atoms with Crippen LogP contribution >= 0.6 is 0 Å². The van der Waals surface area contributed by atoms with E-state index < -0.39 is 0 Å². The lowest BCUT2D eigenvalue weighted by Gasteiger charge is -2.34. The topological polar surface area (TPSA) is 50.3 Å². The molecule has 5 rings (SSSR count). The summed E-state index contributed by atoms with van der Waals surface area (Å²) >= 11 is 0. The van der Waals surface area contributed by atoms with E-state index in [-0.39, 0.29) is 0 Å². The van der Waals surface area contributed by atoms with Crippen LogP contribution in [0, 0.1) is 6.92 Å². The summed E-state index contributed by atoms with van der Waals surface area (Å²) in [5.74, 6) is 0. The zero-order valence-corrected chi connectivity index (χ0v) is 17.1. The third kappa shape index (κ3) is 3.29. The molecule has 0 radical (unpaired) electrons. The molecule has 6 nitrogen and oxygen atoms in total. The van der Waals surface area contributed by atoms with Crippen LogP contribution in [0.15, 0.2) is 53.4 Å². The SMILES string of the molecule is Cc1nn(C)cc1-c1coc2cc(-c3ccc(N4CCN(C)CC4)cc3)cnc12. The summed E-state index contributed by atoms with van der Waals surface area (Å²) in [4.78, 5) is 9.53. The van der Waals surface area contributed by atoms with Crippen molar-refractivity contribution < 1.29 is 4.42 Å². The Morgan fingerprint density at radius 3 is 2.38 bits per heavy atom. The van der Waals surface area contributed by atoms with Gasteiger partial charge in [-0.25, -0.2) is 0 Å². The van der Waals surface area contributed by atoms with Crippen molar-refractivity contribution >= 4 is 16.8 Å². The zero-order chi connectivity index (χ0) is 20.0. The van der Waals surface area contributed by atoms with E-state index in [4.69, 9.17) is 9.40 Å². The number of hydrogen-bond donors (Lipinski definition) is 0. The number of aryl methyl sites for hydroxylation is 2. The number of aromatic nitrogens is 3. The van der Waals surface area contributed by atoms with Gasteiger partial charge >= 0.3 is 0 Å². The predicted octanol–water partition coefficient (Wildman–Crippen LogP) is 3.96. The van der Waals surface area contributed by atoms with Gasteiger partial charge in [0.15, 0.2) is 5.58 Å². The minimum atomic E-state index is 0.795. The Labute approximate surface area is 170 Å². The number of likely N-dealkylation sites (N-methyl/N-ethyl adjacent to an activating group) is 1. The Hall–Kier alpha value is -3.12. The molecule has 1 aliphatic rings. The Kier molecular flexibility index (Phi) is 4.36. The number of anilines is 1. The van der Waals surface area contributed by atoms with Crippen LogP contribution in [0.5, 0.6) is 0 Å². The molecular weight excluding hydrogens is 362 g/mol.